The van der Waals surface area contributed by atoms with Gasteiger partial charge in [-0.05, 0) is 31.2 Å². The van der Waals surface area contributed by atoms with Crippen LogP contribution in [-0.2, 0) is 0 Å². The average Bonchev–Trinajstić information content (AvgIpc) is 2.80. The van der Waals surface area contributed by atoms with E-state index in [1.54, 1.807) is 17.9 Å². The molecule has 0 spiro atoms. The van der Waals surface area contributed by atoms with E-state index in [4.69, 9.17) is 5.11 Å². The molecule has 1 fully saturated rings. The number of aromatic nitrogens is 1. The maximum absolute atomic E-state index is 12.3. The summed E-state index contributed by atoms with van der Waals surface area (Å²) in [6.45, 7) is 7.61. The van der Waals surface area contributed by atoms with Crippen LogP contribution in [0.15, 0.2) is 6.07 Å². The van der Waals surface area contributed by atoms with E-state index in [0.29, 0.717) is 29.9 Å². The molecular formula is C15H23N3O3. The summed E-state index contributed by atoms with van der Waals surface area (Å²) >= 11 is 0. The van der Waals surface area contributed by atoms with Crippen molar-refractivity contribution in [3.05, 3.63) is 17.5 Å². The number of nitrogens with one attached hydrogen (secondary N) is 2. The molecule has 2 amide bonds. The Morgan fingerprint density at radius 3 is 2.57 bits per heavy atom. The predicted octanol–water partition coefficient (Wildman–Crippen LogP) is 3.07. The van der Waals surface area contributed by atoms with Gasteiger partial charge in [-0.25, -0.2) is 9.59 Å². The monoisotopic (exact) mass is 293 g/mol. The van der Waals surface area contributed by atoms with Gasteiger partial charge in [0.15, 0.2) is 0 Å². The third kappa shape index (κ3) is 3.37. The molecule has 0 radical (unpaired) electrons. The average molecular weight is 293 g/mol. The highest BCUT2D eigenvalue weighted by Gasteiger charge is 2.30. The Balaban J connectivity index is 2.01. The number of hydrogen-bond donors (Lipinski definition) is 3. The molecule has 1 saturated heterocycles. The minimum Gasteiger partial charge on any atom is -0.477 e. The minimum absolute atomic E-state index is 0.0243. The lowest BCUT2D eigenvalue weighted by Crippen LogP contribution is -2.44. The zero-order valence-electron chi connectivity index (χ0n) is 12.8. The maximum atomic E-state index is 12.3. The second-order valence-corrected chi connectivity index (χ2v) is 6.13. The van der Waals surface area contributed by atoms with E-state index in [-0.39, 0.29) is 11.7 Å². The Bertz CT molecular complexity index is 542. The molecule has 2 heterocycles. The number of urea groups is 1. The number of aromatic carboxylic acids is 1. The number of aromatic amines is 1. The van der Waals surface area contributed by atoms with Gasteiger partial charge in [0, 0.05) is 18.8 Å². The number of carboxylic acid groups (broad SMARTS) is 1. The van der Waals surface area contributed by atoms with Gasteiger partial charge in [-0.3, -0.25) is 0 Å². The lowest BCUT2D eigenvalue weighted by molar-refractivity contribution is 0.0692. The standard InChI is InChI=1S/C15H23N3O3/c1-4-15(3)5-7-18(8-6-15)14(21)17-11-9-10(2)16-12(11)13(19)20/h9,16H,4-8H2,1-3H3,(H,17,21)(H,19,20). The predicted molar refractivity (Wildman–Crippen MR) is 80.7 cm³/mol. The summed E-state index contributed by atoms with van der Waals surface area (Å²) in [5, 5.41) is 11.8. The fraction of sp³-hybridized carbons (Fsp3) is 0.600. The number of H-pyrrole nitrogens is 1. The Morgan fingerprint density at radius 1 is 1.43 bits per heavy atom. The van der Waals surface area contributed by atoms with Crippen LogP contribution in [0.5, 0.6) is 0 Å². The smallest absolute Gasteiger partial charge is 0.354 e. The molecule has 0 atom stereocenters. The van der Waals surface area contributed by atoms with Crippen molar-refractivity contribution in [1.82, 2.24) is 9.88 Å². The van der Waals surface area contributed by atoms with Gasteiger partial charge in [-0.15, -0.1) is 0 Å². The Morgan fingerprint density at radius 2 is 2.05 bits per heavy atom. The van der Waals surface area contributed by atoms with Crippen molar-refractivity contribution in [3.8, 4) is 0 Å². The van der Waals surface area contributed by atoms with E-state index in [0.717, 1.165) is 19.3 Å². The number of nitrogens with zero attached hydrogens (tertiary/aromatic N) is 1. The molecule has 6 heteroatoms. The minimum atomic E-state index is -1.07. The molecule has 6 nitrogen and oxygen atoms in total. The second kappa shape index (κ2) is 5.79. The molecule has 116 valence electrons. The van der Waals surface area contributed by atoms with Gasteiger partial charge in [0.2, 0.25) is 0 Å². The summed E-state index contributed by atoms with van der Waals surface area (Å²) in [5.74, 6) is -1.07. The molecular weight excluding hydrogens is 270 g/mol. The zero-order chi connectivity index (χ0) is 15.6. The quantitative estimate of drug-likeness (QED) is 0.800. The number of likely N-dealkylation sites (tertiary alicyclic amines) is 1. The largest absolute Gasteiger partial charge is 0.477 e. The molecule has 2 rings (SSSR count). The summed E-state index contributed by atoms with van der Waals surface area (Å²) in [5.41, 5.74) is 1.37. The van der Waals surface area contributed by atoms with Crippen molar-refractivity contribution in [2.45, 2.75) is 40.0 Å². The van der Waals surface area contributed by atoms with Gasteiger partial charge in [0.1, 0.15) is 5.69 Å². The second-order valence-electron chi connectivity index (χ2n) is 6.13. The van der Waals surface area contributed by atoms with Crippen LogP contribution < -0.4 is 5.32 Å². The molecule has 3 N–H and O–H groups in total. The highest BCUT2D eigenvalue weighted by Crippen LogP contribution is 2.34. The number of carbonyl (C=O) groups is 2. The number of anilines is 1. The van der Waals surface area contributed by atoms with Crippen molar-refractivity contribution >= 4 is 17.7 Å². The Kier molecular flexibility index (Phi) is 4.25. The first kappa shape index (κ1) is 15.4. The summed E-state index contributed by atoms with van der Waals surface area (Å²) in [4.78, 5) is 27.9. The molecule has 1 aliphatic rings. The van der Waals surface area contributed by atoms with Crippen molar-refractivity contribution in [2.75, 3.05) is 18.4 Å². The molecule has 0 aliphatic carbocycles. The van der Waals surface area contributed by atoms with Crippen molar-refractivity contribution in [3.63, 3.8) is 0 Å². The van der Waals surface area contributed by atoms with E-state index >= 15 is 0 Å². The highest BCUT2D eigenvalue weighted by molar-refractivity contribution is 5.99. The third-order valence-corrected chi connectivity index (χ3v) is 4.52. The number of piperidine rings is 1. The fourth-order valence-electron chi connectivity index (χ4n) is 2.65. The number of amides is 2. The topological polar surface area (TPSA) is 85.4 Å². The number of carbonyl (C=O) groups excluding carboxylic acids is 1. The van der Waals surface area contributed by atoms with Crippen LogP contribution >= 0.6 is 0 Å². The molecule has 1 aromatic heterocycles. The zero-order valence-corrected chi connectivity index (χ0v) is 12.8. The normalized spacial score (nSPS) is 17.6. The highest BCUT2D eigenvalue weighted by atomic mass is 16.4. The van der Waals surface area contributed by atoms with E-state index < -0.39 is 5.97 Å². The summed E-state index contributed by atoms with van der Waals surface area (Å²) < 4.78 is 0. The van der Waals surface area contributed by atoms with E-state index in [1.165, 1.54) is 0 Å². The van der Waals surface area contributed by atoms with Crippen molar-refractivity contribution < 1.29 is 14.7 Å². The first-order chi connectivity index (χ1) is 9.84. The summed E-state index contributed by atoms with van der Waals surface area (Å²) in [7, 11) is 0. The molecule has 1 aliphatic heterocycles. The molecule has 0 saturated carbocycles. The number of aryl methyl sites for hydroxylation is 1. The van der Waals surface area contributed by atoms with Gasteiger partial charge in [0.05, 0.1) is 5.69 Å². The van der Waals surface area contributed by atoms with Crippen LogP contribution in [0.3, 0.4) is 0 Å². The van der Waals surface area contributed by atoms with Crippen LogP contribution in [-0.4, -0.2) is 40.1 Å². The van der Waals surface area contributed by atoms with E-state index in [9.17, 15) is 9.59 Å². The lowest BCUT2D eigenvalue weighted by Gasteiger charge is -2.38. The number of rotatable bonds is 3. The molecule has 1 aromatic rings. The van der Waals surface area contributed by atoms with Crippen LogP contribution in [0.25, 0.3) is 0 Å². The van der Waals surface area contributed by atoms with Gasteiger partial charge in [-0.1, -0.05) is 20.3 Å². The fourth-order valence-corrected chi connectivity index (χ4v) is 2.65. The first-order valence-electron chi connectivity index (χ1n) is 7.33. The van der Waals surface area contributed by atoms with Crippen LogP contribution in [0.4, 0.5) is 10.5 Å². The van der Waals surface area contributed by atoms with Crippen LogP contribution in [0.1, 0.15) is 49.3 Å². The summed E-state index contributed by atoms with van der Waals surface area (Å²) in [6, 6.07) is 1.41. The van der Waals surface area contributed by atoms with Gasteiger partial charge in [0.25, 0.3) is 0 Å². The summed E-state index contributed by atoms with van der Waals surface area (Å²) in [6.07, 6.45) is 3.08. The number of hydrogen-bond acceptors (Lipinski definition) is 2. The lowest BCUT2D eigenvalue weighted by atomic mass is 9.78. The third-order valence-electron chi connectivity index (χ3n) is 4.52. The molecule has 0 bridgehead atoms. The van der Waals surface area contributed by atoms with E-state index in [1.807, 2.05) is 0 Å². The molecule has 0 aromatic carbocycles. The molecule has 0 unspecified atom stereocenters. The maximum Gasteiger partial charge on any atom is 0.354 e. The SMILES string of the molecule is CCC1(C)CCN(C(=O)Nc2cc(C)[nH]c2C(=O)O)CC1. The van der Waals surface area contributed by atoms with Gasteiger partial charge in [-0.2, -0.15) is 0 Å². The van der Waals surface area contributed by atoms with Crippen LogP contribution in [0, 0.1) is 12.3 Å². The number of carboxylic acids is 1. The van der Waals surface area contributed by atoms with Crippen molar-refractivity contribution in [2.24, 2.45) is 5.41 Å². The van der Waals surface area contributed by atoms with Gasteiger partial charge >= 0.3 is 12.0 Å². The Hall–Kier alpha value is -1.98. The Labute approximate surface area is 124 Å². The van der Waals surface area contributed by atoms with Gasteiger partial charge < -0.3 is 20.3 Å². The van der Waals surface area contributed by atoms with E-state index in [2.05, 4.69) is 24.1 Å². The first-order valence-corrected chi connectivity index (χ1v) is 7.33. The molecule has 21 heavy (non-hydrogen) atoms. The van der Waals surface area contributed by atoms with Crippen LogP contribution in [0.2, 0.25) is 0 Å². The van der Waals surface area contributed by atoms with Crippen molar-refractivity contribution in [1.29, 1.82) is 0 Å².